The molecule has 2 atom stereocenters. The molecule has 2 unspecified atom stereocenters. The number of alkyl halides is 3. The first kappa shape index (κ1) is 18.7. The maximum atomic E-state index is 14.0. The van der Waals surface area contributed by atoms with E-state index in [0.29, 0.717) is 6.08 Å². The van der Waals surface area contributed by atoms with Crippen LogP contribution in [0.2, 0.25) is 0 Å². The van der Waals surface area contributed by atoms with Crippen molar-refractivity contribution in [3.8, 4) is 11.8 Å². The summed E-state index contributed by atoms with van der Waals surface area (Å²) in [6.45, 7) is 1.72. The van der Waals surface area contributed by atoms with Crippen molar-refractivity contribution in [3.63, 3.8) is 0 Å². The van der Waals surface area contributed by atoms with Gasteiger partial charge in [-0.15, -0.1) is 0 Å². The lowest BCUT2D eigenvalue weighted by molar-refractivity contribution is -0.247. The van der Waals surface area contributed by atoms with E-state index in [1.165, 1.54) is 18.2 Å². The highest BCUT2D eigenvalue weighted by molar-refractivity contribution is 5.89. The van der Waals surface area contributed by atoms with Crippen molar-refractivity contribution in [2.45, 2.75) is 18.7 Å². The van der Waals surface area contributed by atoms with Crippen molar-refractivity contribution in [2.24, 2.45) is 5.92 Å². The predicted octanol–water partition coefficient (Wildman–Crippen LogP) is 3.39. The van der Waals surface area contributed by atoms with Gasteiger partial charge in [-0.05, 0) is 31.2 Å². The van der Waals surface area contributed by atoms with E-state index in [4.69, 9.17) is 4.74 Å². The molecular weight excluding hydrogens is 340 g/mol. The molecule has 0 bridgehead atoms. The topological polar surface area (TPSA) is 46.5 Å². The minimum Gasteiger partial charge on any atom is -0.462 e. The summed E-state index contributed by atoms with van der Waals surface area (Å²) < 4.78 is 57.9. The molecule has 1 aromatic carbocycles. The van der Waals surface area contributed by atoms with E-state index in [9.17, 15) is 27.5 Å². The van der Waals surface area contributed by atoms with Crippen LogP contribution >= 0.6 is 0 Å². The van der Waals surface area contributed by atoms with E-state index in [-0.39, 0.29) is 17.7 Å². The number of hydrogen-bond donors (Lipinski definition) is 1. The zero-order valence-corrected chi connectivity index (χ0v) is 13.1. The van der Waals surface area contributed by atoms with Crippen LogP contribution in [0.25, 0.3) is 0 Å². The fraction of sp³-hybridized carbons (Fsp3) is 0.278. The molecule has 1 aliphatic rings. The van der Waals surface area contributed by atoms with Crippen LogP contribution in [0.1, 0.15) is 22.8 Å². The SMILES string of the molecule is CCOC(=O)c1ccc(C#CC2C=CC=CC2(O)C(F)(F)F)c(F)c1. The fourth-order valence-corrected chi connectivity index (χ4v) is 2.17. The quantitative estimate of drug-likeness (QED) is 0.503. The molecule has 0 radical (unpaired) electrons. The summed E-state index contributed by atoms with van der Waals surface area (Å²) >= 11 is 0. The molecule has 0 saturated heterocycles. The van der Waals surface area contributed by atoms with Gasteiger partial charge < -0.3 is 9.84 Å². The minimum atomic E-state index is -4.93. The highest BCUT2D eigenvalue weighted by Crippen LogP contribution is 2.39. The maximum absolute atomic E-state index is 14.0. The third-order valence-corrected chi connectivity index (χ3v) is 3.54. The molecule has 1 aromatic rings. The average molecular weight is 354 g/mol. The molecule has 0 amide bonds. The van der Waals surface area contributed by atoms with Crippen LogP contribution in [-0.4, -0.2) is 29.5 Å². The molecule has 0 saturated carbocycles. The van der Waals surface area contributed by atoms with Gasteiger partial charge in [0.15, 0.2) is 5.60 Å². The number of ether oxygens (including phenoxy) is 1. The van der Waals surface area contributed by atoms with Crippen LogP contribution in [0.4, 0.5) is 17.6 Å². The van der Waals surface area contributed by atoms with Gasteiger partial charge in [-0.3, -0.25) is 0 Å². The van der Waals surface area contributed by atoms with Gasteiger partial charge in [0.1, 0.15) is 5.82 Å². The number of carbonyl (C=O) groups is 1. The second-order valence-electron chi connectivity index (χ2n) is 5.23. The number of halogens is 4. The van der Waals surface area contributed by atoms with Gasteiger partial charge in [0.05, 0.1) is 23.7 Å². The van der Waals surface area contributed by atoms with Gasteiger partial charge in [0.25, 0.3) is 0 Å². The Bertz CT molecular complexity index is 784. The molecule has 25 heavy (non-hydrogen) atoms. The molecule has 0 spiro atoms. The van der Waals surface area contributed by atoms with E-state index in [0.717, 1.165) is 18.2 Å². The summed E-state index contributed by atoms with van der Waals surface area (Å²) in [6, 6.07) is 3.33. The minimum absolute atomic E-state index is 0.0304. The lowest BCUT2D eigenvalue weighted by atomic mass is 9.83. The third kappa shape index (κ3) is 3.91. The van der Waals surface area contributed by atoms with Gasteiger partial charge in [0, 0.05) is 0 Å². The first-order chi connectivity index (χ1) is 11.7. The molecule has 1 N–H and O–H groups in total. The van der Waals surface area contributed by atoms with Gasteiger partial charge >= 0.3 is 12.1 Å². The van der Waals surface area contributed by atoms with Gasteiger partial charge in [-0.1, -0.05) is 30.1 Å². The Morgan fingerprint density at radius 2 is 2.08 bits per heavy atom. The summed E-state index contributed by atoms with van der Waals surface area (Å²) in [7, 11) is 0. The Labute approximate surface area is 141 Å². The predicted molar refractivity (Wildman–Crippen MR) is 82.0 cm³/mol. The third-order valence-electron chi connectivity index (χ3n) is 3.54. The van der Waals surface area contributed by atoms with Crippen molar-refractivity contribution in [3.05, 3.63) is 59.4 Å². The van der Waals surface area contributed by atoms with Crippen molar-refractivity contribution in [1.82, 2.24) is 0 Å². The highest BCUT2D eigenvalue weighted by atomic mass is 19.4. The van der Waals surface area contributed by atoms with Crippen LogP contribution in [0, 0.1) is 23.6 Å². The van der Waals surface area contributed by atoms with E-state index in [1.54, 1.807) is 6.92 Å². The summed E-state index contributed by atoms with van der Waals surface area (Å²) in [4.78, 5) is 11.5. The highest BCUT2D eigenvalue weighted by Gasteiger charge is 2.56. The molecular formula is C18H14F4O3. The summed E-state index contributed by atoms with van der Waals surface area (Å²) in [5.74, 6) is 1.35. The number of hydrogen-bond acceptors (Lipinski definition) is 3. The number of aliphatic hydroxyl groups is 1. The van der Waals surface area contributed by atoms with Gasteiger partial charge in [0.2, 0.25) is 0 Å². The fourth-order valence-electron chi connectivity index (χ4n) is 2.17. The first-order valence-corrected chi connectivity index (χ1v) is 7.32. The molecule has 0 aromatic heterocycles. The number of esters is 1. The van der Waals surface area contributed by atoms with Crippen LogP contribution in [0.5, 0.6) is 0 Å². The second kappa shape index (κ2) is 7.11. The van der Waals surface area contributed by atoms with Crippen LogP contribution in [0.15, 0.2) is 42.5 Å². The van der Waals surface area contributed by atoms with Crippen molar-refractivity contribution < 1.29 is 32.2 Å². The second-order valence-corrected chi connectivity index (χ2v) is 5.23. The molecule has 1 aliphatic carbocycles. The van der Waals surface area contributed by atoms with Gasteiger partial charge in [-0.2, -0.15) is 13.2 Å². The Kier molecular flexibility index (Phi) is 5.33. The van der Waals surface area contributed by atoms with Crippen molar-refractivity contribution in [2.75, 3.05) is 6.61 Å². The Morgan fingerprint density at radius 1 is 1.36 bits per heavy atom. The number of benzene rings is 1. The number of carbonyl (C=O) groups excluding carboxylic acids is 1. The smallest absolute Gasteiger partial charge is 0.422 e. The molecule has 7 heteroatoms. The maximum Gasteiger partial charge on any atom is 0.422 e. The molecule has 2 rings (SSSR count). The van der Waals surface area contributed by atoms with Crippen LogP contribution in [0.3, 0.4) is 0 Å². The normalized spacial score (nSPS) is 22.2. The largest absolute Gasteiger partial charge is 0.462 e. The first-order valence-electron chi connectivity index (χ1n) is 7.32. The molecule has 0 heterocycles. The molecule has 132 valence electrons. The zero-order valence-electron chi connectivity index (χ0n) is 13.1. The Morgan fingerprint density at radius 3 is 2.68 bits per heavy atom. The zero-order chi connectivity index (χ0) is 18.7. The van der Waals surface area contributed by atoms with E-state index >= 15 is 0 Å². The lowest BCUT2D eigenvalue weighted by Gasteiger charge is -2.32. The van der Waals surface area contributed by atoms with Crippen molar-refractivity contribution in [1.29, 1.82) is 0 Å². The monoisotopic (exact) mass is 354 g/mol. The Balaban J connectivity index is 2.30. The summed E-state index contributed by atoms with van der Waals surface area (Å²) in [5, 5.41) is 9.87. The summed E-state index contributed by atoms with van der Waals surface area (Å²) in [5.41, 5.74) is -3.37. The molecule has 0 aliphatic heterocycles. The Hall–Kier alpha value is -2.59. The average Bonchev–Trinajstić information content (AvgIpc) is 2.54. The van der Waals surface area contributed by atoms with Crippen molar-refractivity contribution >= 4 is 5.97 Å². The van der Waals surface area contributed by atoms with Crippen LogP contribution < -0.4 is 0 Å². The van der Waals surface area contributed by atoms with Gasteiger partial charge in [-0.25, -0.2) is 9.18 Å². The number of allylic oxidation sites excluding steroid dienone is 2. The van der Waals surface area contributed by atoms with Crippen LogP contribution in [-0.2, 0) is 4.74 Å². The lowest BCUT2D eigenvalue weighted by Crippen LogP contribution is -2.49. The summed E-state index contributed by atoms with van der Waals surface area (Å²) in [6.07, 6.45) is -0.849. The standard InChI is InChI=1S/C18H14F4O3/c1-2-25-16(23)13-7-6-12(15(19)11-13)8-9-14-5-3-4-10-17(14,24)18(20,21)22/h3-7,10-11,14,24H,2H2,1H3. The van der Waals surface area contributed by atoms with E-state index < -0.39 is 29.5 Å². The number of rotatable bonds is 2. The molecule has 3 nitrogen and oxygen atoms in total. The van der Waals surface area contributed by atoms with E-state index in [2.05, 4.69) is 11.8 Å². The molecule has 0 fully saturated rings. The van der Waals surface area contributed by atoms with E-state index in [1.807, 2.05) is 0 Å².